The van der Waals surface area contributed by atoms with E-state index < -0.39 is 0 Å². The van der Waals surface area contributed by atoms with Gasteiger partial charge in [0.2, 0.25) is 0 Å². The van der Waals surface area contributed by atoms with Crippen molar-refractivity contribution in [2.75, 3.05) is 6.54 Å². The van der Waals surface area contributed by atoms with Gasteiger partial charge in [-0.2, -0.15) is 0 Å². The molecule has 2 unspecified atom stereocenters. The Labute approximate surface area is 97.1 Å². The van der Waals surface area contributed by atoms with E-state index in [4.69, 9.17) is 0 Å². The zero-order valence-corrected chi connectivity index (χ0v) is 10.8. The van der Waals surface area contributed by atoms with Crippen LogP contribution in [0.5, 0.6) is 0 Å². The molecule has 15 heavy (non-hydrogen) atoms. The van der Waals surface area contributed by atoms with Gasteiger partial charge in [-0.1, -0.05) is 13.8 Å². The third-order valence-corrected chi connectivity index (χ3v) is 3.33. The van der Waals surface area contributed by atoms with Crippen molar-refractivity contribution in [3.8, 4) is 0 Å². The highest BCUT2D eigenvalue weighted by Crippen LogP contribution is 2.16. The highest BCUT2D eigenvalue weighted by molar-refractivity contribution is 7.09. The van der Waals surface area contributed by atoms with Crippen LogP contribution in [0.3, 0.4) is 0 Å². The molecule has 0 spiro atoms. The van der Waals surface area contributed by atoms with E-state index in [1.165, 1.54) is 24.1 Å². The molecular formula is C12H22N2S. The second-order valence-corrected chi connectivity index (χ2v) is 5.34. The summed E-state index contributed by atoms with van der Waals surface area (Å²) in [7, 11) is 0. The van der Waals surface area contributed by atoms with E-state index in [9.17, 15) is 0 Å². The van der Waals surface area contributed by atoms with Crippen molar-refractivity contribution in [1.29, 1.82) is 0 Å². The molecule has 1 N–H and O–H groups in total. The summed E-state index contributed by atoms with van der Waals surface area (Å²) in [4.78, 5) is 5.51. The van der Waals surface area contributed by atoms with E-state index in [1.807, 2.05) is 11.7 Å². The van der Waals surface area contributed by atoms with Gasteiger partial charge in [0.05, 0.1) is 5.51 Å². The van der Waals surface area contributed by atoms with Crippen molar-refractivity contribution in [1.82, 2.24) is 10.3 Å². The maximum Gasteiger partial charge on any atom is 0.0794 e. The predicted molar refractivity (Wildman–Crippen MR) is 67.4 cm³/mol. The van der Waals surface area contributed by atoms with Crippen LogP contribution in [0, 0.1) is 5.92 Å². The summed E-state index contributed by atoms with van der Waals surface area (Å²) < 4.78 is 0. The quantitative estimate of drug-likeness (QED) is 0.773. The molecule has 2 atom stereocenters. The van der Waals surface area contributed by atoms with Gasteiger partial charge in [0, 0.05) is 17.1 Å². The smallest absolute Gasteiger partial charge is 0.0794 e. The Morgan fingerprint density at radius 2 is 2.27 bits per heavy atom. The maximum absolute atomic E-state index is 4.11. The van der Waals surface area contributed by atoms with E-state index in [-0.39, 0.29) is 0 Å². The van der Waals surface area contributed by atoms with Crippen molar-refractivity contribution < 1.29 is 0 Å². The first kappa shape index (κ1) is 12.7. The van der Waals surface area contributed by atoms with Crippen LogP contribution in [0.2, 0.25) is 0 Å². The monoisotopic (exact) mass is 226 g/mol. The third kappa shape index (κ3) is 5.28. The standard InChI is InChI=1S/C12H22N2S/c1-4-5-14-11(3)6-10(2)7-12-8-13-9-15-12/h8-11,14H,4-7H2,1-3H3. The van der Waals surface area contributed by atoms with Crippen molar-refractivity contribution in [3.05, 3.63) is 16.6 Å². The number of rotatable bonds is 7. The zero-order valence-electron chi connectivity index (χ0n) is 9.99. The highest BCUT2D eigenvalue weighted by Gasteiger charge is 2.09. The lowest BCUT2D eigenvalue weighted by Crippen LogP contribution is -2.28. The van der Waals surface area contributed by atoms with E-state index in [0.717, 1.165) is 12.5 Å². The molecule has 0 bridgehead atoms. The topological polar surface area (TPSA) is 24.9 Å². The Balaban J connectivity index is 2.20. The molecule has 0 amide bonds. The second kappa shape index (κ2) is 6.96. The number of aromatic nitrogens is 1. The molecule has 0 saturated heterocycles. The number of thiazole rings is 1. The normalized spacial score (nSPS) is 15.1. The molecule has 0 saturated carbocycles. The van der Waals surface area contributed by atoms with Crippen LogP contribution in [-0.4, -0.2) is 17.6 Å². The van der Waals surface area contributed by atoms with Crippen molar-refractivity contribution >= 4 is 11.3 Å². The fourth-order valence-corrected chi connectivity index (χ4v) is 2.61. The van der Waals surface area contributed by atoms with Crippen LogP contribution in [0.4, 0.5) is 0 Å². The average Bonchev–Trinajstić information content (AvgIpc) is 2.67. The van der Waals surface area contributed by atoms with Crippen LogP contribution in [0.1, 0.15) is 38.5 Å². The minimum atomic E-state index is 0.632. The fraction of sp³-hybridized carbons (Fsp3) is 0.750. The largest absolute Gasteiger partial charge is 0.314 e. The first-order valence-corrected chi connectivity index (χ1v) is 6.71. The molecule has 1 aromatic rings. The molecule has 0 aliphatic carbocycles. The van der Waals surface area contributed by atoms with Gasteiger partial charge in [-0.05, 0) is 38.6 Å². The lowest BCUT2D eigenvalue weighted by molar-refractivity contribution is 0.421. The van der Waals surface area contributed by atoms with Gasteiger partial charge in [-0.15, -0.1) is 11.3 Å². The molecule has 3 heteroatoms. The predicted octanol–water partition coefficient (Wildman–Crippen LogP) is 3.10. The summed E-state index contributed by atoms with van der Waals surface area (Å²) in [5.41, 5.74) is 1.92. The minimum absolute atomic E-state index is 0.632. The molecular weight excluding hydrogens is 204 g/mol. The maximum atomic E-state index is 4.11. The lowest BCUT2D eigenvalue weighted by Gasteiger charge is -2.17. The van der Waals surface area contributed by atoms with Crippen molar-refractivity contribution in [3.63, 3.8) is 0 Å². The SMILES string of the molecule is CCCNC(C)CC(C)Cc1cncs1. The van der Waals surface area contributed by atoms with Gasteiger partial charge >= 0.3 is 0 Å². The van der Waals surface area contributed by atoms with E-state index in [2.05, 4.69) is 31.1 Å². The van der Waals surface area contributed by atoms with Gasteiger partial charge < -0.3 is 5.32 Å². The van der Waals surface area contributed by atoms with E-state index in [1.54, 1.807) is 11.3 Å². The summed E-state index contributed by atoms with van der Waals surface area (Å²) in [5.74, 6) is 0.741. The first-order valence-electron chi connectivity index (χ1n) is 5.83. The zero-order chi connectivity index (χ0) is 11.1. The van der Waals surface area contributed by atoms with Gasteiger partial charge in [0.1, 0.15) is 0 Å². The van der Waals surface area contributed by atoms with E-state index >= 15 is 0 Å². The summed E-state index contributed by atoms with van der Waals surface area (Å²) in [6.07, 6.45) is 5.62. The Morgan fingerprint density at radius 3 is 2.87 bits per heavy atom. The molecule has 1 aromatic heterocycles. The molecule has 0 aromatic carbocycles. The fourth-order valence-electron chi connectivity index (χ4n) is 1.85. The molecule has 0 aliphatic rings. The van der Waals surface area contributed by atoms with Gasteiger partial charge in [0.15, 0.2) is 0 Å². The summed E-state index contributed by atoms with van der Waals surface area (Å²) in [6.45, 7) is 7.94. The Kier molecular flexibility index (Phi) is 5.88. The summed E-state index contributed by atoms with van der Waals surface area (Å²) >= 11 is 1.76. The Hall–Kier alpha value is -0.410. The molecule has 0 fully saturated rings. The van der Waals surface area contributed by atoms with Gasteiger partial charge in [0.25, 0.3) is 0 Å². The van der Waals surface area contributed by atoms with Crippen LogP contribution in [-0.2, 0) is 6.42 Å². The molecule has 1 heterocycles. The Bertz CT molecular complexity index is 246. The molecule has 86 valence electrons. The number of nitrogens with zero attached hydrogens (tertiary/aromatic N) is 1. The second-order valence-electron chi connectivity index (χ2n) is 4.37. The lowest BCUT2D eigenvalue weighted by atomic mass is 9.99. The van der Waals surface area contributed by atoms with E-state index in [0.29, 0.717) is 6.04 Å². The number of hydrogen-bond acceptors (Lipinski definition) is 3. The molecule has 2 nitrogen and oxygen atoms in total. The van der Waals surface area contributed by atoms with Gasteiger partial charge in [-0.3, -0.25) is 4.98 Å². The van der Waals surface area contributed by atoms with Crippen molar-refractivity contribution in [2.45, 2.75) is 46.1 Å². The highest BCUT2D eigenvalue weighted by atomic mass is 32.1. The molecule has 0 radical (unpaired) electrons. The van der Waals surface area contributed by atoms with Gasteiger partial charge in [-0.25, -0.2) is 0 Å². The first-order chi connectivity index (χ1) is 7.22. The molecule has 1 rings (SSSR count). The number of hydrogen-bond donors (Lipinski definition) is 1. The summed E-state index contributed by atoms with van der Waals surface area (Å²) in [5, 5.41) is 3.53. The average molecular weight is 226 g/mol. The summed E-state index contributed by atoms with van der Waals surface area (Å²) in [6, 6.07) is 0.632. The van der Waals surface area contributed by atoms with Crippen LogP contribution < -0.4 is 5.32 Å². The molecule has 0 aliphatic heterocycles. The van der Waals surface area contributed by atoms with Crippen LogP contribution >= 0.6 is 11.3 Å². The van der Waals surface area contributed by atoms with Crippen LogP contribution in [0.15, 0.2) is 11.7 Å². The van der Waals surface area contributed by atoms with Crippen molar-refractivity contribution in [2.24, 2.45) is 5.92 Å². The minimum Gasteiger partial charge on any atom is -0.314 e. The number of nitrogens with one attached hydrogen (secondary N) is 1. The Morgan fingerprint density at radius 1 is 1.47 bits per heavy atom. The van der Waals surface area contributed by atoms with Crippen LogP contribution in [0.25, 0.3) is 0 Å². The third-order valence-electron chi connectivity index (χ3n) is 2.53.